The molecule has 60 valence electrons. The molecule has 2 N–H and O–H groups in total. The second kappa shape index (κ2) is 3.97. The summed E-state index contributed by atoms with van der Waals surface area (Å²) in [7, 11) is 0. The minimum atomic E-state index is 0.500. The number of nitriles is 1. The van der Waals surface area contributed by atoms with E-state index in [0.29, 0.717) is 12.3 Å². The van der Waals surface area contributed by atoms with Gasteiger partial charge in [0.1, 0.15) is 0 Å². The standard InChI is InChI=1S/C8H13N3/c9-6-2-4-7-3-1-5-8(7)11-10/h7H,1-5,10H2. The zero-order valence-corrected chi connectivity index (χ0v) is 6.58. The molecule has 1 atom stereocenters. The van der Waals surface area contributed by atoms with Crippen LogP contribution in [0.1, 0.15) is 32.1 Å². The van der Waals surface area contributed by atoms with E-state index in [1.54, 1.807) is 0 Å². The highest BCUT2D eigenvalue weighted by Crippen LogP contribution is 2.25. The molecule has 0 bridgehead atoms. The maximum absolute atomic E-state index is 8.36. The molecule has 1 fully saturated rings. The Labute approximate surface area is 66.9 Å². The molecule has 0 aromatic heterocycles. The molecule has 0 heterocycles. The summed E-state index contributed by atoms with van der Waals surface area (Å²) in [5, 5.41) is 12.1. The first-order chi connectivity index (χ1) is 5.38. The van der Waals surface area contributed by atoms with E-state index >= 15 is 0 Å². The molecular weight excluding hydrogens is 138 g/mol. The van der Waals surface area contributed by atoms with Crippen molar-refractivity contribution in [1.82, 2.24) is 0 Å². The molecule has 1 unspecified atom stereocenters. The van der Waals surface area contributed by atoms with Crippen molar-refractivity contribution in [3.63, 3.8) is 0 Å². The Balaban J connectivity index is 2.39. The van der Waals surface area contributed by atoms with Crippen LogP contribution < -0.4 is 5.84 Å². The molecule has 3 heteroatoms. The molecule has 0 radical (unpaired) electrons. The zero-order chi connectivity index (χ0) is 8.10. The van der Waals surface area contributed by atoms with Gasteiger partial charge in [0.25, 0.3) is 0 Å². The van der Waals surface area contributed by atoms with Crippen LogP contribution in [0.15, 0.2) is 5.10 Å². The van der Waals surface area contributed by atoms with Crippen molar-refractivity contribution in [3.8, 4) is 6.07 Å². The van der Waals surface area contributed by atoms with Gasteiger partial charge in [0.15, 0.2) is 0 Å². The van der Waals surface area contributed by atoms with E-state index in [9.17, 15) is 0 Å². The topological polar surface area (TPSA) is 62.2 Å². The number of rotatable bonds is 2. The van der Waals surface area contributed by atoms with Crippen LogP contribution in [0.4, 0.5) is 0 Å². The van der Waals surface area contributed by atoms with Gasteiger partial charge >= 0.3 is 0 Å². The van der Waals surface area contributed by atoms with Crippen molar-refractivity contribution in [1.29, 1.82) is 5.26 Å². The van der Waals surface area contributed by atoms with E-state index < -0.39 is 0 Å². The summed E-state index contributed by atoms with van der Waals surface area (Å²) in [6.45, 7) is 0. The third-order valence-corrected chi connectivity index (χ3v) is 2.23. The lowest BCUT2D eigenvalue weighted by Gasteiger charge is -2.05. The van der Waals surface area contributed by atoms with Gasteiger partial charge in [-0.25, -0.2) is 0 Å². The smallest absolute Gasteiger partial charge is 0.0621 e. The van der Waals surface area contributed by atoms with Crippen molar-refractivity contribution < 1.29 is 0 Å². The fraction of sp³-hybridized carbons (Fsp3) is 0.750. The number of nitrogens with two attached hydrogens (primary N) is 1. The molecule has 1 saturated carbocycles. The highest BCUT2D eigenvalue weighted by Gasteiger charge is 2.21. The Morgan fingerprint density at radius 1 is 1.73 bits per heavy atom. The molecule has 0 aromatic rings. The summed E-state index contributed by atoms with van der Waals surface area (Å²) in [5.74, 6) is 5.70. The van der Waals surface area contributed by atoms with Crippen LogP contribution in [0.25, 0.3) is 0 Å². The summed E-state index contributed by atoms with van der Waals surface area (Å²) in [6.07, 6.45) is 4.95. The number of hydrazone groups is 1. The molecular formula is C8H13N3. The van der Waals surface area contributed by atoms with Gasteiger partial charge in [0.2, 0.25) is 0 Å². The molecule has 0 spiro atoms. The van der Waals surface area contributed by atoms with Gasteiger partial charge in [-0.05, 0) is 31.6 Å². The number of nitrogens with zero attached hydrogens (tertiary/aromatic N) is 2. The zero-order valence-electron chi connectivity index (χ0n) is 6.58. The molecule has 0 amide bonds. The average molecular weight is 151 g/mol. The highest BCUT2D eigenvalue weighted by atomic mass is 15.1. The fourth-order valence-electron chi connectivity index (χ4n) is 1.62. The van der Waals surface area contributed by atoms with E-state index in [0.717, 1.165) is 25.0 Å². The van der Waals surface area contributed by atoms with Gasteiger partial charge in [-0.1, -0.05) is 0 Å². The van der Waals surface area contributed by atoms with Crippen LogP contribution in [0, 0.1) is 17.2 Å². The fourth-order valence-corrected chi connectivity index (χ4v) is 1.62. The summed E-state index contributed by atoms with van der Waals surface area (Å²) >= 11 is 0. The first-order valence-electron chi connectivity index (χ1n) is 4.02. The lowest BCUT2D eigenvalue weighted by molar-refractivity contribution is 0.618. The maximum atomic E-state index is 8.36. The third-order valence-electron chi connectivity index (χ3n) is 2.23. The second-order valence-electron chi connectivity index (χ2n) is 2.91. The van der Waals surface area contributed by atoms with Crippen LogP contribution in [-0.4, -0.2) is 5.71 Å². The average Bonchev–Trinajstić information content (AvgIpc) is 2.47. The van der Waals surface area contributed by atoms with Gasteiger partial charge in [0, 0.05) is 12.1 Å². The SMILES string of the molecule is N#CCCC1CCCC1=NN. The minimum absolute atomic E-state index is 0.500. The van der Waals surface area contributed by atoms with Crippen LogP contribution in [0.2, 0.25) is 0 Å². The van der Waals surface area contributed by atoms with E-state index in [-0.39, 0.29) is 0 Å². The predicted octanol–water partition coefficient (Wildman–Crippen LogP) is 1.40. The molecule has 0 aliphatic heterocycles. The quantitative estimate of drug-likeness (QED) is 0.479. The van der Waals surface area contributed by atoms with Crippen LogP contribution in [-0.2, 0) is 0 Å². The first kappa shape index (κ1) is 8.06. The van der Waals surface area contributed by atoms with Crippen molar-refractivity contribution >= 4 is 5.71 Å². The third kappa shape index (κ3) is 1.94. The summed E-state index contributed by atoms with van der Waals surface area (Å²) in [4.78, 5) is 0. The number of hydrogen-bond acceptors (Lipinski definition) is 3. The van der Waals surface area contributed by atoms with Crippen molar-refractivity contribution in [2.24, 2.45) is 16.9 Å². The Kier molecular flexibility index (Phi) is 2.91. The predicted molar refractivity (Wildman–Crippen MR) is 43.8 cm³/mol. The largest absolute Gasteiger partial charge is 0.323 e. The van der Waals surface area contributed by atoms with Gasteiger partial charge in [-0.3, -0.25) is 0 Å². The van der Waals surface area contributed by atoms with Gasteiger partial charge in [-0.2, -0.15) is 10.4 Å². The van der Waals surface area contributed by atoms with Gasteiger partial charge < -0.3 is 5.84 Å². The van der Waals surface area contributed by atoms with Crippen molar-refractivity contribution in [2.45, 2.75) is 32.1 Å². The summed E-state index contributed by atoms with van der Waals surface area (Å²) in [5.41, 5.74) is 1.11. The second-order valence-corrected chi connectivity index (χ2v) is 2.91. The van der Waals surface area contributed by atoms with Crippen LogP contribution in [0.5, 0.6) is 0 Å². The van der Waals surface area contributed by atoms with Crippen molar-refractivity contribution in [3.05, 3.63) is 0 Å². The summed E-state index contributed by atoms with van der Waals surface area (Å²) in [6, 6.07) is 2.14. The van der Waals surface area contributed by atoms with E-state index in [1.165, 1.54) is 6.42 Å². The molecule has 1 rings (SSSR count). The van der Waals surface area contributed by atoms with E-state index in [2.05, 4.69) is 11.2 Å². The highest BCUT2D eigenvalue weighted by molar-refractivity contribution is 5.88. The Morgan fingerprint density at radius 2 is 2.55 bits per heavy atom. The Morgan fingerprint density at radius 3 is 3.18 bits per heavy atom. The molecule has 3 nitrogen and oxygen atoms in total. The molecule has 0 aromatic carbocycles. The van der Waals surface area contributed by atoms with E-state index in [1.807, 2.05) is 0 Å². The van der Waals surface area contributed by atoms with Gasteiger partial charge in [0.05, 0.1) is 6.07 Å². The van der Waals surface area contributed by atoms with Gasteiger partial charge in [-0.15, -0.1) is 0 Å². The summed E-state index contributed by atoms with van der Waals surface area (Å²) < 4.78 is 0. The van der Waals surface area contributed by atoms with E-state index in [4.69, 9.17) is 11.1 Å². The molecule has 11 heavy (non-hydrogen) atoms. The molecule has 1 aliphatic rings. The Hall–Kier alpha value is -1.04. The first-order valence-corrected chi connectivity index (χ1v) is 4.02. The molecule has 1 aliphatic carbocycles. The van der Waals surface area contributed by atoms with Crippen molar-refractivity contribution in [2.75, 3.05) is 0 Å². The lowest BCUT2D eigenvalue weighted by atomic mass is 10.0. The maximum Gasteiger partial charge on any atom is 0.0621 e. The Bertz CT molecular complexity index is 190. The number of hydrogen-bond donors (Lipinski definition) is 1. The minimum Gasteiger partial charge on any atom is -0.323 e. The monoisotopic (exact) mass is 151 g/mol. The normalized spacial score (nSPS) is 27.2. The lowest BCUT2D eigenvalue weighted by Crippen LogP contribution is -2.08. The molecule has 0 saturated heterocycles. The van der Waals surface area contributed by atoms with Crippen LogP contribution >= 0.6 is 0 Å². The van der Waals surface area contributed by atoms with Crippen LogP contribution in [0.3, 0.4) is 0 Å².